The van der Waals surface area contributed by atoms with E-state index in [4.69, 9.17) is 5.73 Å². The molecular weight excluding hydrogens is 450 g/mol. The average Bonchev–Trinajstić information content (AvgIpc) is 3.35. The molecule has 7 nitrogen and oxygen atoms in total. The largest absolute Gasteiger partial charge is 0.366 e. The van der Waals surface area contributed by atoms with Crippen LogP contribution in [0, 0.1) is 0 Å². The van der Waals surface area contributed by atoms with Crippen molar-refractivity contribution in [3.63, 3.8) is 0 Å². The molecular formula is C29H27N5O2. The summed E-state index contributed by atoms with van der Waals surface area (Å²) < 4.78 is 1.69. The number of nitrogens with two attached hydrogens (primary N) is 1. The maximum atomic E-state index is 13.6. The Bertz CT molecular complexity index is 1470. The van der Waals surface area contributed by atoms with Crippen molar-refractivity contribution in [3.05, 3.63) is 107 Å². The summed E-state index contributed by atoms with van der Waals surface area (Å²) in [5.74, 6) is -0.674. The van der Waals surface area contributed by atoms with Crippen molar-refractivity contribution in [1.82, 2.24) is 14.5 Å². The Labute approximate surface area is 209 Å². The van der Waals surface area contributed by atoms with Crippen LogP contribution in [0.15, 0.2) is 84.1 Å². The molecule has 2 N–H and O–H groups in total. The van der Waals surface area contributed by atoms with Gasteiger partial charge < -0.3 is 10.6 Å². The summed E-state index contributed by atoms with van der Waals surface area (Å²) in [6.07, 6.45) is 3.21. The summed E-state index contributed by atoms with van der Waals surface area (Å²) in [4.78, 5) is 36.4. The third kappa shape index (κ3) is 4.36. The minimum Gasteiger partial charge on any atom is -0.366 e. The van der Waals surface area contributed by atoms with E-state index in [2.05, 4.69) is 47.0 Å². The number of rotatable bonds is 7. The Balaban J connectivity index is 1.45. The second kappa shape index (κ2) is 9.71. The molecule has 1 atom stereocenters. The highest BCUT2D eigenvalue weighted by Crippen LogP contribution is 2.31. The molecule has 7 heteroatoms. The average molecular weight is 478 g/mol. The van der Waals surface area contributed by atoms with Gasteiger partial charge >= 0.3 is 0 Å². The fraction of sp³-hybridized carbons (Fsp3) is 0.172. The maximum absolute atomic E-state index is 13.6. The van der Waals surface area contributed by atoms with Crippen LogP contribution in [-0.4, -0.2) is 45.9 Å². The zero-order chi connectivity index (χ0) is 25.2. The van der Waals surface area contributed by atoms with E-state index in [1.54, 1.807) is 35.3 Å². The van der Waals surface area contributed by atoms with E-state index in [0.717, 1.165) is 24.2 Å². The number of carbonyl (C=O) groups excluding carboxylic acids is 2. The number of amides is 1. The lowest BCUT2D eigenvalue weighted by atomic mass is 9.94. The fourth-order valence-electron chi connectivity index (χ4n) is 4.47. The molecule has 1 aliphatic heterocycles. The first-order valence-corrected chi connectivity index (χ1v) is 11.9. The van der Waals surface area contributed by atoms with Gasteiger partial charge in [-0.25, -0.2) is 4.98 Å². The lowest BCUT2D eigenvalue weighted by Gasteiger charge is -2.19. The minimum absolute atomic E-state index is 0.146. The zero-order valence-corrected chi connectivity index (χ0v) is 20.3. The highest BCUT2D eigenvalue weighted by molar-refractivity contribution is 6.08. The lowest BCUT2D eigenvalue weighted by molar-refractivity contribution is 0.0952. The summed E-state index contributed by atoms with van der Waals surface area (Å²) in [6.45, 7) is 3.98. The van der Waals surface area contributed by atoms with E-state index >= 15 is 0 Å². The molecule has 0 bridgehead atoms. The topological polar surface area (TPSA) is 93.6 Å². The molecule has 2 heterocycles. The molecule has 0 saturated heterocycles. The summed E-state index contributed by atoms with van der Waals surface area (Å²) in [5, 5.41) is 0. The number of hydrogen-bond donors (Lipinski definition) is 1. The second-order valence-electron chi connectivity index (χ2n) is 8.92. The molecule has 0 radical (unpaired) electrons. The second-order valence-corrected chi connectivity index (χ2v) is 8.92. The molecule has 4 aromatic rings. The van der Waals surface area contributed by atoms with Crippen LogP contribution >= 0.6 is 0 Å². The molecule has 1 amide bonds. The summed E-state index contributed by atoms with van der Waals surface area (Å²) in [6, 6.07) is 22.6. The molecule has 180 valence electrons. The van der Waals surface area contributed by atoms with E-state index in [1.807, 2.05) is 36.4 Å². The van der Waals surface area contributed by atoms with E-state index in [0.29, 0.717) is 22.6 Å². The smallest absolute Gasteiger partial charge is 0.248 e. The predicted molar refractivity (Wildman–Crippen MR) is 141 cm³/mol. The van der Waals surface area contributed by atoms with Gasteiger partial charge in [-0.15, -0.1) is 0 Å². The van der Waals surface area contributed by atoms with Gasteiger partial charge in [0, 0.05) is 17.8 Å². The third-order valence-electron chi connectivity index (χ3n) is 6.57. The number of ketones is 1. The molecule has 1 aromatic heterocycles. The quantitative estimate of drug-likeness (QED) is 0.426. The minimum atomic E-state index is -0.664. The lowest BCUT2D eigenvalue weighted by Crippen LogP contribution is -2.21. The predicted octanol–water partition coefficient (Wildman–Crippen LogP) is 4.45. The van der Waals surface area contributed by atoms with Crippen molar-refractivity contribution in [3.8, 4) is 16.8 Å². The monoisotopic (exact) mass is 477 g/mol. The van der Waals surface area contributed by atoms with Gasteiger partial charge in [-0.3, -0.25) is 19.1 Å². The fourth-order valence-corrected chi connectivity index (χ4v) is 4.47. The normalized spacial score (nSPS) is 14.8. The number of carbonyl (C=O) groups is 2. The molecule has 0 saturated carbocycles. The zero-order valence-electron chi connectivity index (χ0n) is 20.3. The SMILES string of the molecule is CCN(C)Cc1ccccc1-c1ccc(C2N=Cc3ncn(-c4cccc(C(N)=O)c4)c3C2=O)cc1. The van der Waals surface area contributed by atoms with E-state index < -0.39 is 11.9 Å². The van der Waals surface area contributed by atoms with Crippen LogP contribution in [0.4, 0.5) is 0 Å². The van der Waals surface area contributed by atoms with Crippen LogP contribution in [-0.2, 0) is 6.54 Å². The standard InChI is InChI=1S/C29H27N5O2/c1-3-33(2)17-22-7-4-5-10-24(22)19-11-13-20(14-12-19)26-28(35)27-25(16-31-26)32-18-34(27)23-9-6-8-21(15-23)29(30)36/h4-16,18,26H,3,17H2,1-2H3,(H2,30,36). The van der Waals surface area contributed by atoms with Gasteiger partial charge in [0.25, 0.3) is 0 Å². The van der Waals surface area contributed by atoms with Crippen molar-refractivity contribution in [2.75, 3.05) is 13.6 Å². The first kappa shape index (κ1) is 23.4. The van der Waals surface area contributed by atoms with Crippen molar-refractivity contribution in [1.29, 1.82) is 0 Å². The first-order chi connectivity index (χ1) is 17.5. The van der Waals surface area contributed by atoms with Crippen LogP contribution < -0.4 is 5.73 Å². The molecule has 0 aliphatic carbocycles. The van der Waals surface area contributed by atoms with Crippen molar-refractivity contribution in [2.24, 2.45) is 10.7 Å². The Morgan fingerprint density at radius 1 is 1.06 bits per heavy atom. The van der Waals surface area contributed by atoms with E-state index in [9.17, 15) is 9.59 Å². The maximum Gasteiger partial charge on any atom is 0.248 e. The van der Waals surface area contributed by atoms with Gasteiger partial charge in [0.15, 0.2) is 0 Å². The van der Waals surface area contributed by atoms with Crippen LogP contribution in [0.3, 0.4) is 0 Å². The van der Waals surface area contributed by atoms with E-state index in [-0.39, 0.29) is 5.78 Å². The molecule has 1 unspecified atom stereocenters. The number of hydrogen-bond acceptors (Lipinski definition) is 5. The van der Waals surface area contributed by atoms with Crippen LogP contribution in [0.5, 0.6) is 0 Å². The Hall–Kier alpha value is -4.36. The molecule has 1 aliphatic rings. The molecule has 36 heavy (non-hydrogen) atoms. The third-order valence-corrected chi connectivity index (χ3v) is 6.57. The molecule has 0 spiro atoms. The van der Waals surface area contributed by atoms with Crippen molar-refractivity contribution >= 4 is 17.9 Å². The number of aliphatic imine (C=N–C) groups is 1. The number of primary amides is 1. The molecule has 3 aromatic carbocycles. The van der Waals surface area contributed by atoms with Gasteiger partial charge in [0.05, 0.1) is 6.21 Å². The van der Waals surface area contributed by atoms with Gasteiger partial charge in [0.2, 0.25) is 11.7 Å². The highest BCUT2D eigenvalue weighted by atomic mass is 16.1. The number of imidazole rings is 1. The van der Waals surface area contributed by atoms with Gasteiger partial charge in [0.1, 0.15) is 23.8 Å². The van der Waals surface area contributed by atoms with Crippen LogP contribution in [0.2, 0.25) is 0 Å². The number of nitrogens with zero attached hydrogens (tertiary/aromatic N) is 4. The van der Waals surface area contributed by atoms with Gasteiger partial charge in [-0.2, -0.15) is 0 Å². The highest BCUT2D eigenvalue weighted by Gasteiger charge is 2.31. The summed E-state index contributed by atoms with van der Waals surface area (Å²) >= 11 is 0. The summed E-state index contributed by atoms with van der Waals surface area (Å²) in [7, 11) is 2.11. The number of aromatic nitrogens is 2. The van der Waals surface area contributed by atoms with Gasteiger partial charge in [-0.1, -0.05) is 61.5 Å². The summed E-state index contributed by atoms with van der Waals surface area (Å²) in [5.41, 5.74) is 11.7. The Morgan fingerprint density at radius 2 is 1.83 bits per heavy atom. The molecule has 5 rings (SSSR count). The van der Waals surface area contributed by atoms with Crippen molar-refractivity contribution < 1.29 is 9.59 Å². The van der Waals surface area contributed by atoms with Crippen LogP contribution in [0.25, 0.3) is 16.8 Å². The first-order valence-electron chi connectivity index (χ1n) is 11.9. The Morgan fingerprint density at radius 3 is 2.58 bits per heavy atom. The van der Waals surface area contributed by atoms with Gasteiger partial charge in [-0.05, 0) is 54.0 Å². The Kier molecular flexibility index (Phi) is 6.31. The number of benzene rings is 3. The van der Waals surface area contributed by atoms with E-state index in [1.165, 1.54) is 11.1 Å². The van der Waals surface area contributed by atoms with Crippen LogP contribution in [0.1, 0.15) is 50.6 Å². The number of Topliss-reactive ketones (excluding diaryl/α,β-unsaturated/α-hetero) is 1. The van der Waals surface area contributed by atoms with Crippen molar-refractivity contribution in [2.45, 2.75) is 19.5 Å². The molecule has 0 fully saturated rings. The number of fused-ring (bicyclic) bond motifs is 1.